The van der Waals surface area contributed by atoms with Gasteiger partial charge in [0, 0.05) is 7.05 Å². The Hall–Kier alpha value is -1.49. The molecule has 5 heteroatoms. The van der Waals surface area contributed by atoms with Crippen molar-refractivity contribution in [3.05, 3.63) is 24.2 Å². The molecular formula is C11H19N3O2. The number of aliphatic hydroxyl groups is 1. The van der Waals surface area contributed by atoms with Gasteiger partial charge in [-0.15, -0.1) is 0 Å². The first-order chi connectivity index (χ1) is 7.80. The minimum atomic E-state index is 0.0304. The van der Waals surface area contributed by atoms with Crippen LogP contribution in [-0.4, -0.2) is 30.8 Å². The molecule has 1 aromatic rings. The Morgan fingerprint density at radius 1 is 1.62 bits per heavy atom. The highest BCUT2D eigenvalue weighted by Gasteiger charge is 2.06. The van der Waals surface area contributed by atoms with Crippen LogP contribution >= 0.6 is 0 Å². The standard InChI is InChI=1S/C11H19N3O2/c1-3-9(8-15)14-11(12-2)13-7-10-5-4-6-16-10/h4-6,9,15H,3,7-8H2,1-2H3,(H2,12,13,14)/t9-/m1/s1. The average molecular weight is 225 g/mol. The van der Waals surface area contributed by atoms with Gasteiger partial charge in [0.2, 0.25) is 0 Å². The van der Waals surface area contributed by atoms with E-state index in [1.54, 1.807) is 13.3 Å². The molecule has 0 saturated heterocycles. The molecule has 1 aromatic heterocycles. The average Bonchev–Trinajstić information content (AvgIpc) is 2.83. The molecule has 0 amide bonds. The zero-order chi connectivity index (χ0) is 11.8. The minimum Gasteiger partial charge on any atom is -0.467 e. The number of nitrogens with one attached hydrogen (secondary N) is 2. The van der Waals surface area contributed by atoms with E-state index in [2.05, 4.69) is 15.6 Å². The van der Waals surface area contributed by atoms with Crippen LogP contribution in [0.4, 0.5) is 0 Å². The molecule has 0 aliphatic heterocycles. The Morgan fingerprint density at radius 3 is 2.94 bits per heavy atom. The lowest BCUT2D eigenvalue weighted by molar-refractivity contribution is 0.251. The van der Waals surface area contributed by atoms with Gasteiger partial charge in [-0.2, -0.15) is 0 Å². The maximum absolute atomic E-state index is 9.06. The zero-order valence-electron chi connectivity index (χ0n) is 9.73. The first-order valence-electron chi connectivity index (χ1n) is 5.40. The molecule has 3 N–H and O–H groups in total. The molecule has 0 aliphatic rings. The number of guanidine groups is 1. The molecule has 0 saturated carbocycles. The summed E-state index contributed by atoms with van der Waals surface area (Å²) in [7, 11) is 1.70. The van der Waals surface area contributed by atoms with Crippen molar-refractivity contribution >= 4 is 5.96 Å². The van der Waals surface area contributed by atoms with Crippen LogP contribution < -0.4 is 10.6 Å². The van der Waals surface area contributed by atoms with Gasteiger partial charge in [-0.1, -0.05) is 6.92 Å². The molecule has 90 valence electrons. The van der Waals surface area contributed by atoms with Crippen LogP contribution in [0.1, 0.15) is 19.1 Å². The lowest BCUT2D eigenvalue weighted by Gasteiger charge is -2.17. The van der Waals surface area contributed by atoms with Crippen molar-refractivity contribution in [3.63, 3.8) is 0 Å². The smallest absolute Gasteiger partial charge is 0.191 e. The topological polar surface area (TPSA) is 69.8 Å². The number of hydrogen-bond donors (Lipinski definition) is 3. The van der Waals surface area contributed by atoms with E-state index < -0.39 is 0 Å². The number of nitrogens with zero attached hydrogens (tertiary/aromatic N) is 1. The summed E-state index contributed by atoms with van der Waals surface area (Å²) < 4.78 is 5.19. The molecule has 0 aliphatic carbocycles. The Morgan fingerprint density at radius 2 is 2.44 bits per heavy atom. The number of rotatable bonds is 5. The zero-order valence-corrected chi connectivity index (χ0v) is 9.73. The van der Waals surface area contributed by atoms with Crippen molar-refractivity contribution in [2.24, 2.45) is 4.99 Å². The molecule has 0 radical (unpaired) electrons. The van der Waals surface area contributed by atoms with Gasteiger partial charge in [0.1, 0.15) is 5.76 Å². The third-order valence-corrected chi connectivity index (χ3v) is 2.29. The molecule has 16 heavy (non-hydrogen) atoms. The van der Waals surface area contributed by atoms with Crippen molar-refractivity contribution in [1.82, 2.24) is 10.6 Å². The lowest BCUT2D eigenvalue weighted by Crippen LogP contribution is -2.44. The summed E-state index contributed by atoms with van der Waals surface area (Å²) >= 11 is 0. The monoisotopic (exact) mass is 225 g/mol. The Labute approximate surface area is 95.6 Å². The summed E-state index contributed by atoms with van der Waals surface area (Å²) in [5.41, 5.74) is 0. The molecule has 0 spiro atoms. The molecule has 0 unspecified atom stereocenters. The second kappa shape index (κ2) is 6.90. The largest absolute Gasteiger partial charge is 0.467 e. The summed E-state index contributed by atoms with van der Waals surface area (Å²) in [5, 5.41) is 15.3. The number of aliphatic imine (C=N–C) groups is 1. The van der Waals surface area contributed by atoms with Crippen LogP contribution in [0.3, 0.4) is 0 Å². The van der Waals surface area contributed by atoms with E-state index >= 15 is 0 Å². The second-order valence-corrected chi connectivity index (χ2v) is 3.44. The first kappa shape index (κ1) is 12.6. The summed E-state index contributed by atoms with van der Waals surface area (Å²) in [6, 6.07) is 3.77. The Balaban J connectivity index is 2.38. The molecule has 5 nitrogen and oxygen atoms in total. The van der Waals surface area contributed by atoms with Crippen molar-refractivity contribution in [2.75, 3.05) is 13.7 Å². The van der Waals surface area contributed by atoms with E-state index in [4.69, 9.17) is 9.52 Å². The van der Waals surface area contributed by atoms with E-state index in [1.165, 1.54) is 0 Å². The molecule has 1 rings (SSSR count). The minimum absolute atomic E-state index is 0.0304. The van der Waals surface area contributed by atoms with Gasteiger partial charge >= 0.3 is 0 Å². The predicted molar refractivity (Wildman–Crippen MR) is 63.2 cm³/mol. The van der Waals surface area contributed by atoms with Crippen molar-refractivity contribution in [1.29, 1.82) is 0 Å². The molecule has 0 fully saturated rings. The van der Waals surface area contributed by atoms with Gasteiger partial charge in [-0.25, -0.2) is 0 Å². The maximum atomic E-state index is 9.06. The molecule has 0 bridgehead atoms. The van der Waals surface area contributed by atoms with Gasteiger partial charge < -0.3 is 20.2 Å². The van der Waals surface area contributed by atoms with Crippen molar-refractivity contribution < 1.29 is 9.52 Å². The SMILES string of the molecule is CC[C@H](CO)NC(=NC)NCc1ccco1. The normalized spacial score (nSPS) is 13.6. The fourth-order valence-electron chi connectivity index (χ4n) is 1.25. The van der Waals surface area contributed by atoms with Crippen LogP contribution in [0.5, 0.6) is 0 Å². The first-order valence-corrected chi connectivity index (χ1v) is 5.40. The number of hydrogen-bond acceptors (Lipinski definition) is 3. The fourth-order valence-corrected chi connectivity index (χ4v) is 1.25. The maximum Gasteiger partial charge on any atom is 0.191 e. The van der Waals surface area contributed by atoms with Gasteiger partial charge in [-0.3, -0.25) is 4.99 Å². The molecular weight excluding hydrogens is 206 g/mol. The third-order valence-electron chi connectivity index (χ3n) is 2.29. The summed E-state index contributed by atoms with van der Waals surface area (Å²) in [4.78, 5) is 4.06. The molecule has 1 heterocycles. The summed E-state index contributed by atoms with van der Waals surface area (Å²) in [6.07, 6.45) is 2.48. The highest BCUT2D eigenvalue weighted by molar-refractivity contribution is 5.79. The van der Waals surface area contributed by atoms with Gasteiger partial charge in [-0.05, 0) is 18.6 Å². The van der Waals surface area contributed by atoms with E-state index in [0.29, 0.717) is 12.5 Å². The van der Waals surface area contributed by atoms with E-state index in [9.17, 15) is 0 Å². The highest BCUT2D eigenvalue weighted by Crippen LogP contribution is 1.98. The Bertz CT molecular complexity index is 305. The lowest BCUT2D eigenvalue weighted by atomic mass is 10.2. The van der Waals surface area contributed by atoms with E-state index in [0.717, 1.165) is 12.2 Å². The van der Waals surface area contributed by atoms with Crippen molar-refractivity contribution in [2.45, 2.75) is 25.9 Å². The van der Waals surface area contributed by atoms with Crippen LogP contribution in [0.2, 0.25) is 0 Å². The van der Waals surface area contributed by atoms with Crippen molar-refractivity contribution in [3.8, 4) is 0 Å². The number of aliphatic hydroxyl groups excluding tert-OH is 1. The quantitative estimate of drug-likeness (QED) is 0.510. The van der Waals surface area contributed by atoms with Crippen LogP contribution in [0, 0.1) is 0 Å². The predicted octanol–water partition coefficient (Wildman–Crippen LogP) is 0.715. The number of furan rings is 1. The summed E-state index contributed by atoms with van der Waals surface area (Å²) in [5.74, 6) is 1.51. The molecule has 0 aromatic carbocycles. The van der Waals surface area contributed by atoms with E-state index in [1.807, 2.05) is 19.1 Å². The van der Waals surface area contributed by atoms with Gasteiger partial charge in [0.15, 0.2) is 5.96 Å². The van der Waals surface area contributed by atoms with Crippen LogP contribution in [-0.2, 0) is 6.54 Å². The molecule has 1 atom stereocenters. The van der Waals surface area contributed by atoms with Crippen LogP contribution in [0.15, 0.2) is 27.8 Å². The summed E-state index contributed by atoms with van der Waals surface area (Å²) in [6.45, 7) is 2.68. The van der Waals surface area contributed by atoms with Crippen LogP contribution in [0.25, 0.3) is 0 Å². The third kappa shape index (κ3) is 3.94. The van der Waals surface area contributed by atoms with Gasteiger partial charge in [0.05, 0.1) is 25.5 Å². The second-order valence-electron chi connectivity index (χ2n) is 3.44. The fraction of sp³-hybridized carbons (Fsp3) is 0.545. The van der Waals surface area contributed by atoms with Gasteiger partial charge in [0.25, 0.3) is 0 Å². The highest BCUT2D eigenvalue weighted by atomic mass is 16.3. The van der Waals surface area contributed by atoms with E-state index in [-0.39, 0.29) is 12.6 Å². The Kier molecular flexibility index (Phi) is 5.42.